The van der Waals surface area contributed by atoms with Crippen LogP contribution in [0.4, 0.5) is 0 Å². The molecule has 3 heteroatoms. The molecule has 4 aromatic carbocycles. The van der Waals surface area contributed by atoms with E-state index in [2.05, 4.69) is 13.2 Å². The van der Waals surface area contributed by atoms with Gasteiger partial charge >= 0.3 is 0 Å². The number of fused-ring (bicyclic) bond motifs is 6. The van der Waals surface area contributed by atoms with Crippen LogP contribution in [0.2, 0.25) is 0 Å². The Labute approximate surface area is 174 Å². The van der Waals surface area contributed by atoms with E-state index in [1.54, 1.807) is 19.1 Å². The summed E-state index contributed by atoms with van der Waals surface area (Å²) >= 11 is 0. The predicted molar refractivity (Wildman–Crippen MR) is 130 cm³/mol. The van der Waals surface area contributed by atoms with E-state index in [-0.39, 0.29) is 16.3 Å². The predicted octanol–water partition coefficient (Wildman–Crippen LogP) is 5.51. The lowest BCUT2D eigenvalue weighted by molar-refractivity contribution is 1.47. The summed E-state index contributed by atoms with van der Waals surface area (Å²) < 4.78 is 0. The van der Waals surface area contributed by atoms with E-state index in [4.69, 9.17) is 0 Å². The maximum atomic E-state index is 13.5. The number of benzene rings is 1. The van der Waals surface area contributed by atoms with Gasteiger partial charge in [0.05, 0.1) is 0 Å². The molecule has 148 valence electrons. The minimum Gasteiger partial charge on any atom is -0.289 e. The molecule has 0 heterocycles. The summed E-state index contributed by atoms with van der Waals surface area (Å²) in [7, 11) is 0. The van der Waals surface area contributed by atoms with Gasteiger partial charge in [-0.3, -0.25) is 14.4 Å². The van der Waals surface area contributed by atoms with Crippen molar-refractivity contribution in [1.82, 2.24) is 0 Å². The van der Waals surface area contributed by atoms with Gasteiger partial charge in [-0.15, -0.1) is 0 Å². The number of hydrogen-bond acceptors (Lipinski definition) is 3. The summed E-state index contributed by atoms with van der Waals surface area (Å²) in [5.41, 5.74) is 3.13. The van der Waals surface area contributed by atoms with Crippen LogP contribution in [0.5, 0.6) is 0 Å². The summed E-state index contributed by atoms with van der Waals surface area (Å²) in [6.45, 7) is 15.0. The molecular weight excluding hydrogens is 372 g/mol. The third-order valence-electron chi connectivity index (χ3n) is 6.10. The lowest BCUT2D eigenvalue weighted by Gasteiger charge is -2.03. The lowest BCUT2D eigenvalue weighted by atomic mass is 9.97. The number of allylic oxidation sites excluding steroid dienone is 2. The maximum absolute atomic E-state index is 13.5. The van der Waals surface area contributed by atoms with E-state index in [0.29, 0.717) is 54.6 Å². The van der Waals surface area contributed by atoms with Crippen molar-refractivity contribution in [2.24, 2.45) is 0 Å². The van der Waals surface area contributed by atoms with Gasteiger partial charge in [0.25, 0.3) is 0 Å². The fraction of sp³-hybridized carbons (Fsp3) is 0.148. The molecule has 0 aliphatic rings. The zero-order valence-corrected chi connectivity index (χ0v) is 17.6. The molecule has 0 atom stereocenters. The highest BCUT2D eigenvalue weighted by molar-refractivity contribution is 6.32. The van der Waals surface area contributed by atoms with Gasteiger partial charge in [-0.05, 0) is 44.4 Å². The first-order chi connectivity index (χ1) is 14.3. The Bertz CT molecular complexity index is 1600. The van der Waals surface area contributed by atoms with Crippen LogP contribution in [0.15, 0.2) is 39.7 Å². The highest BCUT2D eigenvalue weighted by Crippen LogP contribution is 2.41. The fourth-order valence-electron chi connectivity index (χ4n) is 4.83. The smallest absolute Gasteiger partial charge is 0.194 e. The monoisotopic (exact) mass is 394 g/mol. The van der Waals surface area contributed by atoms with Crippen molar-refractivity contribution >= 4 is 56.6 Å². The van der Waals surface area contributed by atoms with Crippen molar-refractivity contribution in [1.29, 1.82) is 0 Å². The molecule has 0 spiro atoms. The van der Waals surface area contributed by atoms with Crippen LogP contribution in [-0.4, -0.2) is 0 Å². The van der Waals surface area contributed by atoms with Crippen LogP contribution in [-0.2, 0) is 0 Å². The second-order valence-electron chi connectivity index (χ2n) is 7.55. The van der Waals surface area contributed by atoms with Crippen molar-refractivity contribution < 1.29 is 0 Å². The van der Waals surface area contributed by atoms with Crippen LogP contribution in [0.3, 0.4) is 0 Å². The SMILES string of the molecule is C=Cc1c(C=C)c2c3c(=O)c(/C=C\C)c(C)c3c3c(=O)c(C)c(/C=C\C)c3c2c1=O. The minimum absolute atomic E-state index is 0.133. The van der Waals surface area contributed by atoms with Gasteiger partial charge in [-0.2, -0.15) is 0 Å². The van der Waals surface area contributed by atoms with Crippen LogP contribution < -0.4 is 16.3 Å². The molecule has 30 heavy (non-hydrogen) atoms. The van der Waals surface area contributed by atoms with Crippen LogP contribution in [0.1, 0.15) is 47.2 Å². The van der Waals surface area contributed by atoms with E-state index in [0.717, 1.165) is 11.1 Å². The van der Waals surface area contributed by atoms with Crippen molar-refractivity contribution in [2.45, 2.75) is 27.7 Å². The van der Waals surface area contributed by atoms with Crippen LogP contribution in [0, 0.1) is 13.8 Å². The maximum Gasteiger partial charge on any atom is 0.194 e. The number of rotatable bonds is 4. The summed E-state index contributed by atoms with van der Waals surface area (Å²) in [5.74, 6) is 0. The second-order valence-corrected chi connectivity index (χ2v) is 7.55. The summed E-state index contributed by atoms with van der Waals surface area (Å²) in [6, 6.07) is 0. The van der Waals surface area contributed by atoms with Gasteiger partial charge in [0.2, 0.25) is 0 Å². The summed E-state index contributed by atoms with van der Waals surface area (Å²) in [6.07, 6.45) is 10.4. The third-order valence-corrected chi connectivity index (χ3v) is 6.10. The summed E-state index contributed by atoms with van der Waals surface area (Å²) in [5, 5.41) is 3.14. The normalized spacial score (nSPS) is 12.4. The van der Waals surface area contributed by atoms with Gasteiger partial charge in [0.15, 0.2) is 16.3 Å². The molecule has 0 unspecified atom stereocenters. The molecule has 4 aromatic rings. The molecular formula is C27H22O3. The van der Waals surface area contributed by atoms with Gasteiger partial charge in [0, 0.05) is 49.0 Å². The van der Waals surface area contributed by atoms with E-state index < -0.39 is 0 Å². The van der Waals surface area contributed by atoms with Gasteiger partial charge in [-0.25, -0.2) is 0 Å². The molecule has 0 radical (unpaired) electrons. The Morgan fingerprint density at radius 2 is 1.00 bits per heavy atom. The van der Waals surface area contributed by atoms with E-state index in [1.807, 2.05) is 39.0 Å². The average Bonchev–Trinajstić information content (AvgIpc) is 3.25. The molecule has 4 rings (SSSR count). The first-order valence-electron chi connectivity index (χ1n) is 9.90. The quantitative estimate of drug-likeness (QED) is 0.459. The minimum atomic E-state index is -0.219. The highest BCUT2D eigenvalue weighted by atomic mass is 16.1. The molecule has 0 bridgehead atoms. The van der Waals surface area contributed by atoms with Crippen molar-refractivity contribution in [3.05, 3.63) is 89.4 Å². The highest BCUT2D eigenvalue weighted by Gasteiger charge is 2.28. The number of aryl methyl sites for hydroxylation is 1. The van der Waals surface area contributed by atoms with Crippen molar-refractivity contribution in [3.8, 4) is 0 Å². The Kier molecular flexibility index (Phi) is 4.43. The largest absolute Gasteiger partial charge is 0.289 e. The lowest BCUT2D eigenvalue weighted by Crippen LogP contribution is -2.02. The zero-order chi connectivity index (χ0) is 21.9. The van der Waals surface area contributed by atoms with E-state index in [9.17, 15) is 14.4 Å². The van der Waals surface area contributed by atoms with Crippen LogP contribution in [0.25, 0.3) is 56.6 Å². The molecule has 0 aromatic heterocycles. The number of hydrogen-bond donors (Lipinski definition) is 0. The molecule has 0 aliphatic heterocycles. The van der Waals surface area contributed by atoms with Gasteiger partial charge in [0.1, 0.15) is 0 Å². The zero-order valence-electron chi connectivity index (χ0n) is 17.6. The summed E-state index contributed by atoms with van der Waals surface area (Å²) in [4.78, 5) is 40.3. The Morgan fingerprint density at radius 1 is 0.533 bits per heavy atom. The first-order valence-corrected chi connectivity index (χ1v) is 9.90. The standard InChI is InChI=1S/C27H22O3/c1-7-11-17-14(6)25(28)22-19-13(5)18(12-8-2)27(30)23(19)20-15(9-3)16(10-4)26(29)24(20)21(17)22/h7-12H,3-4H2,1-2,5-6H3/b11-7-,12-8-. The Morgan fingerprint density at radius 3 is 1.57 bits per heavy atom. The average molecular weight is 394 g/mol. The topological polar surface area (TPSA) is 51.2 Å². The van der Waals surface area contributed by atoms with Gasteiger partial charge < -0.3 is 0 Å². The van der Waals surface area contributed by atoms with E-state index >= 15 is 0 Å². The first kappa shape index (κ1) is 19.7. The second kappa shape index (κ2) is 6.74. The Balaban J connectivity index is 2.61. The van der Waals surface area contributed by atoms with Gasteiger partial charge in [-0.1, -0.05) is 49.6 Å². The van der Waals surface area contributed by atoms with Crippen molar-refractivity contribution in [2.75, 3.05) is 0 Å². The molecule has 0 fully saturated rings. The Hall–Kier alpha value is -3.59. The molecule has 0 saturated carbocycles. The van der Waals surface area contributed by atoms with Crippen molar-refractivity contribution in [3.63, 3.8) is 0 Å². The molecule has 0 saturated heterocycles. The third kappa shape index (κ3) is 2.18. The van der Waals surface area contributed by atoms with E-state index in [1.165, 1.54) is 6.08 Å². The molecule has 0 amide bonds. The fourth-order valence-corrected chi connectivity index (χ4v) is 4.83. The molecule has 3 nitrogen and oxygen atoms in total. The molecule has 0 N–H and O–H groups in total. The molecule has 0 aliphatic carbocycles. The van der Waals surface area contributed by atoms with Crippen LogP contribution >= 0.6 is 0 Å².